The van der Waals surface area contributed by atoms with Crippen LogP contribution in [-0.2, 0) is 6.18 Å². The van der Waals surface area contributed by atoms with Crippen LogP contribution in [0.3, 0.4) is 0 Å². The number of aromatic nitrogens is 1. The summed E-state index contributed by atoms with van der Waals surface area (Å²) in [6.45, 7) is 2.43. The van der Waals surface area contributed by atoms with Gasteiger partial charge in [-0.05, 0) is 36.8 Å². The average Bonchev–Trinajstić information content (AvgIpc) is 2.53. The van der Waals surface area contributed by atoms with Gasteiger partial charge in [-0.1, -0.05) is 18.5 Å². The molecule has 4 nitrogen and oxygen atoms in total. The second-order valence-corrected chi connectivity index (χ2v) is 5.43. The maximum absolute atomic E-state index is 13.1. The van der Waals surface area contributed by atoms with Gasteiger partial charge in [0, 0.05) is 23.3 Å². The fraction of sp³-hybridized carbons (Fsp3) is 0.250. The van der Waals surface area contributed by atoms with Crippen molar-refractivity contribution >= 4 is 29.0 Å². The molecule has 2 N–H and O–H groups in total. The molecule has 0 bridgehead atoms. The van der Waals surface area contributed by atoms with Crippen LogP contribution in [0, 0.1) is 0 Å². The molecule has 0 aliphatic rings. The Labute approximate surface area is 142 Å². The quantitative estimate of drug-likeness (QED) is 0.819. The molecule has 0 aliphatic heterocycles. The number of nitrogens with one attached hydrogen (secondary N) is 2. The number of carbonyl (C=O) groups is 1. The van der Waals surface area contributed by atoms with E-state index in [0.29, 0.717) is 12.1 Å². The Morgan fingerprint density at radius 1 is 1.25 bits per heavy atom. The maximum Gasteiger partial charge on any atom is 0.418 e. The summed E-state index contributed by atoms with van der Waals surface area (Å²) in [5.41, 5.74) is -0.786. The van der Waals surface area contributed by atoms with Crippen LogP contribution in [0.1, 0.15) is 29.3 Å². The van der Waals surface area contributed by atoms with Gasteiger partial charge in [0.2, 0.25) is 0 Å². The van der Waals surface area contributed by atoms with Gasteiger partial charge < -0.3 is 10.6 Å². The molecular weight excluding hydrogens is 343 g/mol. The highest BCUT2D eigenvalue weighted by molar-refractivity contribution is 6.30. The van der Waals surface area contributed by atoms with E-state index in [4.69, 9.17) is 11.6 Å². The van der Waals surface area contributed by atoms with Gasteiger partial charge in [0.1, 0.15) is 5.82 Å². The summed E-state index contributed by atoms with van der Waals surface area (Å²) in [7, 11) is 0. The largest absolute Gasteiger partial charge is 0.418 e. The van der Waals surface area contributed by atoms with E-state index >= 15 is 0 Å². The first-order chi connectivity index (χ1) is 11.3. The van der Waals surface area contributed by atoms with Gasteiger partial charge in [-0.2, -0.15) is 13.2 Å². The van der Waals surface area contributed by atoms with Crippen LogP contribution in [0.15, 0.2) is 36.5 Å². The Morgan fingerprint density at radius 2 is 2.00 bits per heavy atom. The van der Waals surface area contributed by atoms with Crippen molar-refractivity contribution in [2.75, 3.05) is 11.9 Å². The van der Waals surface area contributed by atoms with E-state index in [-0.39, 0.29) is 22.4 Å². The average molecular weight is 358 g/mol. The van der Waals surface area contributed by atoms with Gasteiger partial charge in [0.25, 0.3) is 5.91 Å². The molecule has 1 amide bonds. The van der Waals surface area contributed by atoms with Crippen molar-refractivity contribution in [3.8, 4) is 0 Å². The highest BCUT2D eigenvalue weighted by Gasteiger charge is 2.34. The summed E-state index contributed by atoms with van der Waals surface area (Å²) >= 11 is 5.64. The van der Waals surface area contributed by atoms with Crippen molar-refractivity contribution in [3.63, 3.8) is 0 Å². The molecular formula is C16H15ClF3N3O. The van der Waals surface area contributed by atoms with Crippen molar-refractivity contribution in [1.29, 1.82) is 0 Å². The molecule has 0 fully saturated rings. The van der Waals surface area contributed by atoms with Crippen LogP contribution < -0.4 is 10.6 Å². The fourth-order valence-electron chi connectivity index (χ4n) is 1.98. The monoisotopic (exact) mass is 357 g/mol. The number of nitrogens with zero attached hydrogens (tertiary/aromatic N) is 1. The van der Waals surface area contributed by atoms with Crippen molar-refractivity contribution in [1.82, 2.24) is 10.3 Å². The molecule has 128 valence electrons. The second kappa shape index (κ2) is 7.53. The Balaban J connectivity index is 2.28. The first-order valence-corrected chi connectivity index (χ1v) is 7.57. The lowest BCUT2D eigenvalue weighted by Gasteiger charge is -2.15. The SMILES string of the molecule is CCCNC(=O)c1ccnc(Nc2ccc(Cl)cc2C(F)(F)F)c1. The summed E-state index contributed by atoms with van der Waals surface area (Å²) in [5, 5.41) is 5.26. The standard InChI is InChI=1S/C16H15ClF3N3O/c1-2-6-22-15(24)10-5-7-21-14(8-10)23-13-4-3-11(17)9-12(13)16(18,19)20/h3-5,7-9H,2,6H2,1H3,(H,21,23)(H,22,24). The van der Waals surface area contributed by atoms with E-state index < -0.39 is 11.7 Å². The zero-order valence-corrected chi connectivity index (χ0v) is 13.5. The number of anilines is 2. The van der Waals surface area contributed by atoms with Crippen molar-refractivity contribution in [3.05, 3.63) is 52.7 Å². The van der Waals surface area contributed by atoms with E-state index in [1.54, 1.807) is 0 Å². The third-order valence-corrected chi connectivity index (χ3v) is 3.34. The second-order valence-electron chi connectivity index (χ2n) is 5.00. The predicted molar refractivity (Wildman–Crippen MR) is 86.6 cm³/mol. The molecule has 1 heterocycles. The minimum absolute atomic E-state index is 0.0199. The van der Waals surface area contributed by atoms with Gasteiger partial charge >= 0.3 is 6.18 Å². The molecule has 24 heavy (non-hydrogen) atoms. The fourth-order valence-corrected chi connectivity index (χ4v) is 2.15. The summed E-state index contributed by atoms with van der Waals surface area (Å²) in [5.74, 6) is -0.179. The van der Waals surface area contributed by atoms with E-state index in [2.05, 4.69) is 15.6 Å². The summed E-state index contributed by atoms with van der Waals surface area (Å²) in [4.78, 5) is 15.9. The molecule has 0 aliphatic carbocycles. The number of alkyl halides is 3. The lowest BCUT2D eigenvalue weighted by Crippen LogP contribution is -2.24. The topological polar surface area (TPSA) is 54.0 Å². The highest BCUT2D eigenvalue weighted by Crippen LogP contribution is 2.37. The number of rotatable bonds is 5. The number of amides is 1. The smallest absolute Gasteiger partial charge is 0.352 e. The Kier molecular flexibility index (Phi) is 5.66. The minimum atomic E-state index is -4.57. The van der Waals surface area contributed by atoms with E-state index in [1.807, 2.05) is 6.92 Å². The molecule has 1 aromatic carbocycles. The number of hydrogen-bond acceptors (Lipinski definition) is 3. The first kappa shape index (κ1) is 18.1. The Hall–Kier alpha value is -2.28. The molecule has 0 spiro atoms. The number of pyridine rings is 1. The lowest BCUT2D eigenvalue weighted by molar-refractivity contribution is -0.136. The third-order valence-electron chi connectivity index (χ3n) is 3.11. The Morgan fingerprint density at radius 3 is 2.67 bits per heavy atom. The van der Waals surface area contributed by atoms with E-state index in [0.717, 1.165) is 12.5 Å². The summed E-state index contributed by atoms with van der Waals surface area (Å²) < 4.78 is 39.3. The van der Waals surface area contributed by atoms with Crippen molar-refractivity contribution in [2.45, 2.75) is 19.5 Å². The zero-order chi connectivity index (χ0) is 17.7. The zero-order valence-electron chi connectivity index (χ0n) is 12.7. The van der Waals surface area contributed by atoms with E-state index in [1.165, 1.54) is 30.5 Å². The lowest BCUT2D eigenvalue weighted by atomic mass is 10.1. The van der Waals surface area contributed by atoms with E-state index in [9.17, 15) is 18.0 Å². The molecule has 0 unspecified atom stereocenters. The van der Waals surface area contributed by atoms with Crippen molar-refractivity contribution < 1.29 is 18.0 Å². The molecule has 2 rings (SSSR count). The number of benzene rings is 1. The minimum Gasteiger partial charge on any atom is -0.352 e. The molecule has 1 aromatic heterocycles. The Bertz CT molecular complexity index is 735. The normalized spacial score (nSPS) is 11.2. The molecule has 0 saturated carbocycles. The van der Waals surface area contributed by atoms with Gasteiger partial charge in [-0.3, -0.25) is 4.79 Å². The number of halogens is 4. The van der Waals surface area contributed by atoms with Crippen LogP contribution in [0.5, 0.6) is 0 Å². The van der Waals surface area contributed by atoms with Crippen LogP contribution in [0.2, 0.25) is 5.02 Å². The summed E-state index contributed by atoms with van der Waals surface area (Å²) in [6.07, 6.45) is -2.43. The van der Waals surface area contributed by atoms with Crippen LogP contribution >= 0.6 is 11.6 Å². The molecule has 2 aromatic rings. The number of hydrogen-bond donors (Lipinski definition) is 2. The molecule has 0 saturated heterocycles. The van der Waals surface area contributed by atoms with Crippen LogP contribution in [-0.4, -0.2) is 17.4 Å². The predicted octanol–water partition coefficient (Wildman–Crippen LogP) is 4.64. The highest BCUT2D eigenvalue weighted by atomic mass is 35.5. The van der Waals surface area contributed by atoms with Gasteiger partial charge in [-0.15, -0.1) is 0 Å². The molecule has 0 radical (unpaired) electrons. The maximum atomic E-state index is 13.1. The first-order valence-electron chi connectivity index (χ1n) is 7.19. The van der Waals surface area contributed by atoms with Gasteiger partial charge in [0.15, 0.2) is 0 Å². The van der Waals surface area contributed by atoms with Gasteiger partial charge in [-0.25, -0.2) is 4.98 Å². The van der Waals surface area contributed by atoms with Crippen molar-refractivity contribution in [2.24, 2.45) is 0 Å². The number of carbonyl (C=O) groups excluding carboxylic acids is 1. The van der Waals surface area contributed by atoms with Gasteiger partial charge in [0.05, 0.1) is 11.3 Å². The van der Waals surface area contributed by atoms with Crippen LogP contribution in [0.25, 0.3) is 0 Å². The summed E-state index contributed by atoms with van der Waals surface area (Å²) in [6, 6.07) is 6.28. The van der Waals surface area contributed by atoms with Crippen LogP contribution in [0.4, 0.5) is 24.7 Å². The molecule has 8 heteroatoms. The third kappa shape index (κ3) is 4.61. The molecule has 0 atom stereocenters.